The van der Waals surface area contributed by atoms with Gasteiger partial charge in [0.1, 0.15) is 11.6 Å². The molecular formula is C53H51N3O. The minimum absolute atomic E-state index is 0.165. The molecule has 0 saturated heterocycles. The van der Waals surface area contributed by atoms with Gasteiger partial charge in [-0.25, -0.2) is 4.98 Å². The summed E-state index contributed by atoms with van der Waals surface area (Å²) in [4.78, 5) is 10.2. The van der Waals surface area contributed by atoms with Gasteiger partial charge in [0.25, 0.3) is 0 Å². The average Bonchev–Trinajstić information content (AvgIpc) is 3.63. The molecule has 8 aromatic rings. The summed E-state index contributed by atoms with van der Waals surface area (Å²) in [6.45, 7) is 2.36. The molecule has 0 amide bonds. The number of phenols is 1. The van der Waals surface area contributed by atoms with E-state index in [1.807, 2.05) is 56.3 Å². The highest BCUT2D eigenvalue weighted by Gasteiger charge is 2.23. The molecule has 0 aliphatic rings. The first kappa shape index (κ1) is 28.2. The van der Waals surface area contributed by atoms with Gasteiger partial charge in [-0.15, -0.1) is 0 Å². The summed E-state index contributed by atoms with van der Waals surface area (Å²) in [7, 11) is 0. The number of fused-ring (bicyclic) bond motifs is 1. The Balaban J connectivity index is 1.30. The van der Waals surface area contributed by atoms with E-state index in [0.29, 0.717) is 28.2 Å². The van der Waals surface area contributed by atoms with E-state index in [-0.39, 0.29) is 16.7 Å². The summed E-state index contributed by atoms with van der Waals surface area (Å²) in [5.74, 6) is 0.770. The third-order valence-corrected chi connectivity index (χ3v) is 10.6. The molecule has 4 nitrogen and oxygen atoms in total. The van der Waals surface area contributed by atoms with E-state index in [1.165, 1.54) is 12.1 Å². The predicted octanol–water partition coefficient (Wildman–Crippen LogP) is 14.0. The number of phenolic OH excluding ortho intramolecular Hbond substituents is 1. The topological polar surface area (TPSA) is 50.9 Å². The second-order valence-electron chi connectivity index (χ2n) is 16.2. The van der Waals surface area contributed by atoms with Gasteiger partial charge in [0.05, 0.1) is 22.3 Å². The van der Waals surface area contributed by atoms with E-state index in [4.69, 9.17) is 22.3 Å². The van der Waals surface area contributed by atoms with Crippen molar-refractivity contribution >= 4 is 11.0 Å². The monoisotopic (exact) mass is 754 g/mol. The Labute approximate surface area is 350 Å². The molecule has 57 heavy (non-hydrogen) atoms. The molecular weight excluding hydrogens is 695 g/mol. The van der Waals surface area contributed by atoms with E-state index in [9.17, 15) is 5.11 Å². The zero-order valence-corrected chi connectivity index (χ0v) is 33.1. The van der Waals surface area contributed by atoms with Crippen LogP contribution in [0.25, 0.3) is 72.7 Å². The van der Waals surface area contributed by atoms with Crippen LogP contribution >= 0.6 is 0 Å². The van der Waals surface area contributed by atoms with Crippen LogP contribution in [0.1, 0.15) is 81.5 Å². The number of nitrogens with zero attached hydrogens (tertiary/aromatic N) is 3. The van der Waals surface area contributed by atoms with Gasteiger partial charge in [0.2, 0.25) is 0 Å². The molecule has 0 fully saturated rings. The van der Waals surface area contributed by atoms with Gasteiger partial charge in [0.15, 0.2) is 0 Å². The smallest absolute Gasteiger partial charge is 0.149 e. The summed E-state index contributed by atoms with van der Waals surface area (Å²) in [5.41, 5.74) is 10.1. The van der Waals surface area contributed by atoms with Crippen LogP contribution in [0.5, 0.6) is 5.75 Å². The van der Waals surface area contributed by atoms with Gasteiger partial charge in [-0.05, 0) is 136 Å². The summed E-state index contributed by atoms with van der Waals surface area (Å²) < 4.78 is 75.6. The molecule has 6 aromatic carbocycles. The fourth-order valence-electron chi connectivity index (χ4n) is 7.64. The second kappa shape index (κ2) is 14.4. The van der Waals surface area contributed by atoms with Crippen molar-refractivity contribution in [3.63, 3.8) is 0 Å². The number of pyridine rings is 1. The first-order chi connectivity index (χ1) is 30.9. The third-order valence-electron chi connectivity index (χ3n) is 10.6. The van der Waals surface area contributed by atoms with Crippen LogP contribution < -0.4 is 0 Å². The predicted molar refractivity (Wildman–Crippen MR) is 239 cm³/mol. The molecule has 2 aromatic heterocycles. The SMILES string of the molecule is [2H]C([2H])([2H])C(c1ccc(-c2ccnc(-c3cc(-c4cccc5c4nc(-c4cc(C)cc(C)c4O)n5-c4cc(C)cc(-c5ccccc5)c4)cc(C(C)(C)C)c3)c2)cc1)(C([2H])([2H])[2H])C([2H])([2H])[2H]. The molecule has 0 radical (unpaired) electrons. The van der Waals surface area contributed by atoms with Crippen LogP contribution in [0.2, 0.25) is 0 Å². The normalized spacial score (nSPS) is 15.0. The number of rotatable bonds is 6. The van der Waals surface area contributed by atoms with Crippen molar-refractivity contribution < 1.29 is 17.4 Å². The van der Waals surface area contributed by atoms with Gasteiger partial charge in [-0.2, -0.15) is 0 Å². The van der Waals surface area contributed by atoms with E-state index < -0.39 is 26.0 Å². The Morgan fingerprint density at radius 3 is 2.02 bits per heavy atom. The Kier molecular flexibility index (Phi) is 7.10. The van der Waals surface area contributed by atoms with Crippen LogP contribution in [-0.2, 0) is 10.8 Å². The zero-order valence-electron chi connectivity index (χ0n) is 42.1. The van der Waals surface area contributed by atoms with Crippen LogP contribution in [0.3, 0.4) is 0 Å². The number of aryl methyl sites for hydroxylation is 3. The lowest BCUT2D eigenvalue weighted by Gasteiger charge is -2.22. The number of benzene rings is 6. The third kappa shape index (κ3) is 7.40. The highest BCUT2D eigenvalue weighted by atomic mass is 16.3. The van der Waals surface area contributed by atoms with Gasteiger partial charge >= 0.3 is 0 Å². The number of aromatic nitrogens is 3. The molecule has 4 heteroatoms. The molecule has 284 valence electrons. The van der Waals surface area contributed by atoms with Crippen LogP contribution in [0, 0.1) is 20.8 Å². The summed E-state index contributed by atoms with van der Waals surface area (Å²) in [6, 6.07) is 42.6. The maximum absolute atomic E-state index is 11.7. The van der Waals surface area contributed by atoms with Crippen molar-refractivity contribution in [2.45, 2.75) is 72.9 Å². The summed E-state index contributed by atoms with van der Waals surface area (Å²) in [6.07, 6.45) is 1.68. The van der Waals surface area contributed by atoms with Crippen molar-refractivity contribution in [2.24, 2.45) is 0 Å². The Morgan fingerprint density at radius 2 is 1.28 bits per heavy atom. The largest absolute Gasteiger partial charge is 0.507 e. The van der Waals surface area contributed by atoms with Crippen LogP contribution in [0.4, 0.5) is 0 Å². The fraction of sp³-hybridized carbons (Fsp3) is 0.208. The lowest BCUT2D eigenvalue weighted by atomic mass is 9.83. The Hall–Kier alpha value is -6.26. The fourth-order valence-corrected chi connectivity index (χ4v) is 7.64. The van der Waals surface area contributed by atoms with Crippen molar-refractivity contribution in [1.82, 2.24) is 14.5 Å². The molecule has 0 spiro atoms. The minimum atomic E-state index is -3.36. The Bertz CT molecular complexity index is 3090. The van der Waals surface area contributed by atoms with Gasteiger partial charge in [-0.1, -0.05) is 126 Å². The maximum Gasteiger partial charge on any atom is 0.149 e. The quantitative estimate of drug-likeness (QED) is 0.184. The molecule has 8 rings (SSSR count). The van der Waals surface area contributed by atoms with Crippen molar-refractivity contribution in [3.8, 4) is 67.5 Å². The number of hydrogen-bond donors (Lipinski definition) is 1. The molecule has 0 atom stereocenters. The lowest BCUT2D eigenvalue weighted by Crippen LogP contribution is -2.11. The first-order valence-corrected chi connectivity index (χ1v) is 19.1. The van der Waals surface area contributed by atoms with Gasteiger partial charge in [0, 0.05) is 35.3 Å². The number of para-hydroxylation sites is 1. The van der Waals surface area contributed by atoms with Crippen molar-refractivity contribution in [3.05, 3.63) is 167 Å². The highest BCUT2D eigenvalue weighted by Crippen LogP contribution is 2.42. The van der Waals surface area contributed by atoms with E-state index in [2.05, 4.69) is 92.9 Å². The minimum Gasteiger partial charge on any atom is -0.507 e. The lowest BCUT2D eigenvalue weighted by molar-refractivity contribution is 0.472. The molecule has 0 bridgehead atoms. The first-order valence-electron chi connectivity index (χ1n) is 23.6. The molecule has 0 saturated carbocycles. The zero-order chi connectivity index (χ0) is 47.7. The average molecular weight is 755 g/mol. The van der Waals surface area contributed by atoms with Gasteiger partial charge in [-0.3, -0.25) is 9.55 Å². The van der Waals surface area contributed by atoms with E-state index in [1.54, 1.807) is 24.4 Å². The molecule has 2 heterocycles. The maximum atomic E-state index is 11.7. The van der Waals surface area contributed by atoms with E-state index >= 15 is 0 Å². The molecule has 1 N–H and O–H groups in total. The number of imidazole rings is 1. The van der Waals surface area contributed by atoms with E-state index in [0.717, 1.165) is 66.8 Å². The van der Waals surface area contributed by atoms with Crippen LogP contribution in [-0.4, -0.2) is 19.6 Å². The summed E-state index contributed by atoms with van der Waals surface area (Å²) >= 11 is 0. The Morgan fingerprint density at radius 1 is 0.561 bits per heavy atom. The summed E-state index contributed by atoms with van der Waals surface area (Å²) in [5, 5.41) is 11.7. The number of aromatic hydroxyl groups is 1. The molecule has 0 unspecified atom stereocenters. The van der Waals surface area contributed by atoms with Crippen molar-refractivity contribution in [2.75, 3.05) is 0 Å². The second-order valence-corrected chi connectivity index (χ2v) is 16.2. The molecule has 0 aliphatic heterocycles. The highest BCUT2D eigenvalue weighted by molar-refractivity contribution is 5.97. The van der Waals surface area contributed by atoms with Crippen LogP contribution in [0.15, 0.2) is 140 Å². The number of hydrogen-bond acceptors (Lipinski definition) is 3. The van der Waals surface area contributed by atoms with Crippen molar-refractivity contribution in [1.29, 1.82) is 0 Å². The standard InChI is InChI=1S/C53H51N3O/c1-33-24-35(3)50(57)46(27-33)51-55-49-45(16-13-17-48(49)56(51)44-26-34(2)25-39(31-44)36-14-11-10-12-15-36)40-28-41(30-43(29-40)53(7,8)9)47-32-38(22-23-54-47)37-18-20-42(21-19-37)52(4,5)6/h10-32,57H,1-9H3/i4D3,5D3,6D3. The van der Waals surface area contributed by atoms with Gasteiger partial charge < -0.3 is 5.11 Å². The molecule has 0 aliphatic carbocycles.